The summed E-state index contributed by atoms with van der Waals surface area (Å²) in [4.78, 5) is 18.8. The van der Waals surface area contributed by atoms with Crippen LogP contribution in [0.1, 0.15) is 10.4 Å². The molecule has 0 radical (unpaired) electrons. The van der Waals surface area contributed by atoms with Crippen LogP contribution in [0.15, 0.2) is 18.5 Å². The second-order valence-corrected chi connectivity index (χ2v) is 4.62. The number of benzene rings is 1. The Kier molecular flexibility index (Phi) is 4.82. The molecule has 0 bridgehead atoms. The van der Waals surface area contributed by atoms with E-state index >= 15 is 0 Å². The van der Waals surface area contributed by atoms with Crippen molar-refractivity contribution in [3.8, 4) is 11.5 Å². The lowest BCUT2D eigenvalue weighted by molar-refractivity contribution is 0.112. The molecule has 0 fully saturated rings. The standard InChI is InChI=1S/C13H11Cl2N3O3/c1-20-10-4-11(21-2)9(3-8(10)14)18-13-7(5-19)12(15)16-6-17-13/h3-6H,1-2H3,(H,16,17,18). The molecule has 0 aliphatic carbocycles. The fourth-order valence-corrected chi connectivity index (χ4v) is 2.08. The predicted molar refractivity (Wildman–Crippen MR) is 80.3 cm³/mol. The van der Waals surface area contributed by atoms with Gasteiger partial charge in [-0.25, -0.2) is 9.97 Å². The molecule has 0 aliphatic heterocycles. The van der Waals surface area contributed by atoms with E-state index in [1.165, 1.54) is 20.5 Å². The molecule has 0 aliphatic rings. The van der Waals surface area contributed by atoms with E-state index in [1.54, 1.807) is 12.1 Å². The maximum atomic E-state index is 11.1. The quantitative estimate of drug-likeness (QED) is 0.670. The van der Waals surface area contributed by atoms with E-state index in [-0.39, 0.29) is 16.5 Å². The number of halogens is 2. The first kappa shape index (κ1) is 15.3. The molecule has 1 heterocycles. The van der Waals surface area contributed by atoms with Gasteiger partial charge in [0.2, 0.25) is 0 Å². The van der Waals surface area contributed by atoms with Crippen molar-refractivity contribution in [2.45, 2.75) is 0 Å². The van der Waals surface area contributed by atoms with Gasteiger partial charge in [-0.3, -0.25) is 4.79 Å². The van der Waals surface area contributed by atoms with Crippen LogP contribution >= 0.6 is 23.2 Å². The third-order valence-electron chi connectivity index (χ3n) is 2.68. The Morgan fingerprint density at radius 2 is 1.86 bits per heavy atom. The molecule has 0 saturated heterocycles. The molecule has 2 rings (SSSR count). The number of aldehydes is 1. The summed E-state index contributed by atoms with van der Waals surface area (Å²) in [6.45, 7) is 0. The molecular weight excluding hydrogens is 317 g/mol. The minimum absolute atomic E-state index is 0.0566. The number of hydrogen-bond donors (Lipinski definition) is 1. The topological polar surface area (TPSA) is 73.3 Å². The van der Waals surface area contributed by atoms with Gasteiger partial charge in [0.1, 0.15) is 28.8 Å². The van der Waals surface area contributed by atoms with E-state index in [9.17, 15) is 4.79 Å². The van der Waals surface area contributed by atoms with Gasteiger partial charge in [0.05, 0.1) is 30.5 Å². The lowest BCUT2D eigenvalue weighted by atomic mass is 10.2. The fraction of sp³-hybridized carbons (Fsp3) is 0.154. The van der Waals surface area contributed by atoms with E-state index in [1.807, 2.05) is 0 Å². The van der Waals surface area contributed by atoms with E-state index in [0.29, 0.717) is 28.5 Å². The first-order valence-corrected chi connectivity index (χ1v) is 6.50. The molecule has 6 nitrogen and oxygen atoms in total. The fourth-order valence-electron chi connectivity index (χ4n) is 1.66. The number of carbonyl (C=O) groups is 1. The monoisotopic (exact) mass is 327 g/mol. The van der Waals surface area contributed by atoms with Gasteiger partial charge in [-0.15, -0.1) is 0 Å². The van der Waals surface area contributed by atoms with Crippen molar-refractivity contribution in [1.29, 1.82) is 0 Å². The first-order valence-electron chi connectivity index (χ1n) is 5.75. The van der Waals surface area contributed by atoms with Crippen LogP contribution in [0.3, 0.4) is 0 Å². The molecule has 0 saturated carbocycles. The predicted octanol–water partition coefficient (Wildman–Crippen LogP) is 3.36. The zero-order chi connectivity index (χ0) is 15.4. The maximum Gasteiger partial charge on any atom is 0.156 e. The molecule has 0 unspecified atom stereocenters. The van der Waals surface area contributed by atoms with Gasteiger partial charge in [0, 0.05) is 6.07 Å². The van der Waals surface area contributed by atoms with Crippen LogP contribution in [0.2, 0.25) is 10.2 Å². The number of rotatable bonds is 5. The number of carbonyl (C=O) groups excluding carboxylic acids is 1. The van der Waals surface area contributed by atoms with E-state index in [2.05, 4.69) is 15.3 Å². The molecule has 110 valence electrons. The third-order valence-corrected chi connectivity index (χ3v) is 3.28. The van der Waals surface area contributed by atoms with Crippen LogP contribution in [0.4, 0.5) is 11.5 Å². The Morgan fingerprint density at radius 3 is 2.48 bits per heavy atom. The van der Waals surface area contributed by atoms with Crippen molar-refractivity contribution < 1.29 is 14.3 Å². The summed E-state index contributed by atoms with van der Waals surface area (Å²) in [5, 5.41) is 3.38. The number of nitrogens with one attached hydrogen (secondary N) is 1. The Morgan fingerprint density at radius 1 is 1.14 bits per heavy atom. The number of methoxy groups -OCH3 is 2. The Hall–Kier alpha value is -2.05. The van der Waals surface area contributed by atoms with Gasteiger partial charge >= 0.3 is 0 Å². The molecule has 0 spiro atoms. The molecule has 8 heteroatoms. The second kappa shape index (κ2) is 6.60. The van der Waals surface area contributed by atoms with Gasteiger partial charge in [0.15, 0.2) is 6.29 Å². The van der Waals surface area contributed by atoms with Crippen molar-refractivity contribution in [2.75, 3.05) is 19.5 Å². The highest BCUT2D eigenvalue weighted by Crippen LogP contribution is 2.37. The molecule has 1 aromatic carbocycles. The van der Waals surface area contributed by atoms with Gasteiger partial charge in [0.25, 0.3) is 0 Å². The lowest BCUT2D eigenvalue weighted by Crippen LogP contribution is -2.02. The van der Waals surface area contributed by atoms with E-state index < -0.39 is 0 Å². The number of nitrogens with zero attached hydrogens (tertiary/aromatic N) is 2. The summed E-state index contributed by atoms with van der Waals surface area (Å²) in [5.74, 6) is 1.20. The van der Waals surface area contributed by atoms with Crippen LogP contribution < -0.4 is 14.8 Å². The Balaban J connectivity index is 2.47. The molecule has 2 aromatic rings. The summed E-state index contributed by atoms with van der Waals surface area (Å²) >= 11 is 11.9. The van der Waals surface area contributed by atoms with Crippen LogP contribution in [0.5, 0.6) is 11.5 Å². The summed E-state index contributed by atoms with van der Waals surface area (Å²) in [6.07, 6.45) is 1.82. The minimum Gasteiger partial charge on any atom is -0.495 e. The average Bonchev–Trinajstić information content (AvgIpc) is 2.48. The van der Waals surface area contributed by atoms with Crippen molar-refractivity contribution in [1.82, 2.24) is 9.97 Å². The average molecular weight is 328 g/mol. The normalized spacial score (nSPS) is 10.1. The number of ether oxygens (including phenoxy) is 2. The van der Waals surface area contributed by atoms with Gasteiger partial charge in [-0.05, 0) is 6.07 Å². The van der Waals surface area contributed by atoms with Crippen LogP contribution in [0.25, 0.3) is 0 Å². The highest BCUT2D eigenvalue weighted by atomic mass is 35.5. The lowest BCUT2D eigenvalue weighted by Gasteiger charge is -2.14. The van der Waals surface area contributed by atoms with Crippen molar-refractivity contribution in [3.63, 3.8) is 0 Å². The second-order valence-electron chi connectivity index (χ2n) is 3.86. The van der Waals surface area contributed by atoms with E-state index in [4.69, 9.17) is 32.7 Å². The smallest absolute Gasteiger partial charge is 0.156 e. The maximum absolute atomic E-state index is 11.1. The minimum atomic E-state index is 0.0566. The van der Waals surface area contributed by atoms with Crippen LogP contribution in [-0.2, 0) is 0 Å². The van der Waals surface area contributed by atoms with Gasteiger partial charge < -0.3 is 14.8 Å². The zero-order valence-electron chi connectivity index (χ0n) is 11.2. The van der Waals surface area contributed by atoms with Crippen molar-refractivity contribution >= 4 is 41.0 Å². The van der Waals surface area contributed by atoms with E-state index in [0.717, 1.165) is 0 Å². The van der Waals surface area contributed by atoms with Crippen LogP contribution in [0, 0.1) is 0 Å². The number of aromatic nitrogens is 2. The summed E-state index contributed by atoms with van der Waals surface area (Å²) < 4.78 is 10.4. The number of hydrogen-bond acceptors (Lipinski definition) is 6. The Labute approximate surface area is 131 Å². The third kappa shape index (κ3) is 3.17. The summed E-state index contributed by atoms with van der Waals surface area (Å²) in [6, 6.07) is 3.22. The zero-order valence-corrected chi connectivity index (χ0v) is 12.7. The largest absolute Gasteiger partial charge is 0.495 e. The highest BCUT2D eigenvalue weighted by Gasteiger charge is 2.14. The Bertz CT molecular complexity index is 680. The molecule has 0 atom stereocenters. The summed E-state index contributed by atoms with van der Waals surface area (Å²) in [7, 11) is 3.00. The molecule has 21 heavy (non-hydrogen) atoms. The number of anilines is 2. The van der Waals surface area contributed by atoms with Gasteiger partial charge in [-0.2, -0.15) is 0 Å². The van der Waals surface area contributed by atoms with Crippen molar-refractivity contribution in [3.05, 3.63) is 34.2 Å². The molecule has 1 N–H and O–H groups in total. The highest BCUT2D eigenvalue weighted by molar-refractivity contribution is 6.33. The van der Waals surface area contributed by atoms with Gasteiger partial charge in [-0.1, -0.05) is 23.2 Å². The molecule has 1 aromatic heterocycles. The van der Waals surface area contributed by atoms with Crippen molar-refractivity contribution in [2.24, 2.45) is 0 Å². The SMILES string of the molecule is COc1cc(OC)c(Nc2ncnc(Cl)c2C=O)cc1Cl. The first-order chi connectivity index (χ1) is 10.1. The summed E-state index contributed by atoms with van der Waals surface area (Å²) in [5.41, 5.74) is 0.661. The molecule has 0 amide bonds. The molecular formula is C13H11Cl2N3O3. The van der Waals surface area contributed by atoms with Crippen LogP contribution in [-0.4, -0.2) is 30.5 Å².